The molecule has 1 aromatic heterocycles. The predicted octanol–water partition coefficient (Wildman–Crippen LogP) is 1.92. The van der Waals surface area contributed by atoms with Crippen LogP contribution in [0.2, 0.25) is 5.15 Å². The second-order valence-electron chi connectivity index (χ2n) is 6.29. The molecular formula is C20H18ClN3O4. The number of likely N-dealkylation sites (N-methyl/N-ethyl adjacent to an activating group) is 1. The van der Waals surface area contributed by atoms with Gasteiger partial charge in [-0.25, -0.2) is 14.8 Å². The van der Waals surface area contributed by atoms with Crippen LogP contribution in [0.25, 0.3) is 11.4 Å². The largest absolute Gasteiger partial charge is 0.461 e. The monoisotopic (exact) mass is 399 g/mol. The summed E-state index contributed by atoms with van der Waals surface area (Å²) in [6.07, 6.45) is 0.259. The van der Waals surface area contributed by atoms with E-state index in [0.717, 1.165) is 0 Å². The first-order valence-electron chi connectivity index (χ1n) is 8.65. The Labute approximate surface area is 167 Å². The fourth-order valence-corrected chi connectivity index (χ4v) is 2.92. The van der Waals surface area contributed by atoms with E-state index >= 15 is 0 Å². The fraction of sp³-hybridized carbons (Fsp3) is 0.300. The third-order valence-corrected chi connectivity index (χ3v) is 4.42. The second kappa shape index (κ2) is 7.97. The van der Waals surface area contributed by atoms with Crippen molar-refractivity contribution in [2.75, 3.05) is 20.2 Å². The van der Waals surface area contributed by atoms with Crippen molar-refractivity contribution in [3.63, 3.8) is 0 Å². The van der Waals surface area contributed by atoms with E-state index in [4.69, 9.17) is 16.3 Å². The molecule has 3 rings (SSSR count). The highest BCUT2D eigenvalue weighted by atomic mass is 35.5. The third-order valence-electron chi connectivity index (χ3n) is 4.22. The topological polar surface area (TPSA) is 92.6 Å². The Morgan fingerprint density at radius 1 is 1.39 bits per heavy atom. The summed E-state index contributed by atoms with van der Waals surface area (Å²) >= 11 is 6.02. The molecule has 2 heterocycles. The number of carbonyl (C=O) groups is 2. The lowest BCUT2D eigenvalue weighted by Crippen LogP contribution is -2.37. The van der Waals surface area contributed by atoms with E-state index < -0.39 is 17.5 Å². The number of nitrogens with zero attached hydrogens (tertiary/aromatic N) is 3. The van der Waals surface area contributed by atoms with Gasteiger partial charge >= 0.3 is 5.97 Å². The van der Waals surface area contributed by atoms with Gasteiger partial charge < -0.3 is 14.7 Å². The molecule has 0 spiro atoms. The molecule has 28 heavy (non-hydrogen) atoms. The zero-order chi connectivity index (χ0) is 20.3. The van der Waals surface area contributed by atoms with Gasteiger partial charge in [0.15, 0.2) is 11.5 Å². The number of amides is 1. The minimum Gasteiger partial charge on any atom is -0.461 e. The molecule has 1 fully saturated rings. The van der Waals surface area contributed by atoms with Crippen LogP contribution in [0.4, 0.5) is 0 Å². The van der Waals surface area contributed by atoms with E-state index in [1.165, 1.54) is 11.0 Å². The number of aliphatic hydroxyl groups is 1. The van der Waals surface area contributed by atoms with E-state index in [9.17, 15) is 14.7 Å². The Balaban J connectivity index is 1.92. The zero-order valence-corrected chi connectivity index (χ0v) is 16.2. The van der Waals surface area contributed by atoms with Gasteiger partial charge in [0.05, 0.1) is 6.61 Å². The van der Waals surface area contributed by atoms with Gasteiger partial charge in [0.25, 0.3) is 5.91 Å². The first kappa shape index (κ1) is 19.8. The number of aromatic nitrogens is 2. The number of esters is 1. The molecule has 7 nitrogen and oxygen atoms in total. The summed E-state index contributed by atoms with van der Waals surface area (Å²) in [6, 6.07) is 8.25. The number of benzene rings is 1. The van der Waals surface area contributed by atoms with Crippen LogP contribution in [0.1, 0.15) is 29.4 Å². The lowest BCUT2D eigenvalue weighted by Gasteiger charge is -2.13. The molecule has 0 saturated carbocycles. The number of hydrogen-bond donors (Lipinski definition) is 1. The van der Waals surface area contributed by atoms with Crippen LogP contribution in [0.5, 0.6) is 0 Å². The molecule has 1 amide bonds. The fourth-order valence-electron chi connectivity index (χ4n) is 2.74. The van der Waals surface area contributed by atoms with Gasteiger partial charge in [0.2, 0.25) is 5.60 Å². The predicted molar refractivity (Wildman–Crippen MR) is 103 cm³/mol. The molecule has 0 aliphatic carbocycles. The van der Waals surface area contributed by atoms with E-state index in [0.29, 0.717) is 17.7 Å². The molecule has 2 aromatic rings. The standard InChI is InChI=1S/C20H18ClN3O4/c1-3-28-18(25)15-12-16(21)23-17(22-15)14-6-4-5-13(11-14)7-8-20(27)9-10-24(2)19(20)26/h4-6,11-12,27H,3,9-10H2,1-2H3/t20-/m0/s1. The van der Waals surface area contributed by atoms with Crippen LogP contribution in [-0.4, -0.2) is 57.7 Å². The average molecular weight is 400 g/mol. The minimum absolute atomic E-state index is 0.0576. The van der Waals surface area contributed by atoms with E-state index in [1.54, 1.807) is 38.2 Å². The molecule has 1 atom stereocenters. The van der Waals surface area contributed by atoms with Gasteiger partial charge in [-0.1, -0.05) is 35.6 Å². The molecule has 0 unspecified atom stereocenters. The van der Waals surface area contributed by atoms with Crippen molar-refractivity contribution in [1.29, 1.82) is 0 Å². The van der Waals surface area contributed by atoms with Crippen molar-refractivity contribution < 1.29 is 19.4 Å². The maximum Gasteiger partial charge on any atom is 0.357 e. The Hall–Kier alpha value is -2.95. The highest BCUT2D eigenvalue weighted by Crippen LogP contribution is 2.22. The Morgan fingerprint density at radius 2 is 2.18 bits per heavy atom. The summed E-state index contributed by atoms with van der Waals surface area (Å²) in [6.45, 7) is 2.37. The maximum atomic E-state index is 12.0. The maximum absolute atomic E-state index is 12.0. The van der Waals surface area contributed by atoms with Crippen molar-refractivity contribution in [3.05, 3.63) is 46.7 Å². The number of hydrogen-bond acceptors (Lipinski definition) is 6. The summed E-state index contributed by atoms with van der Waals surface area (Å²) in [7, 11) is 1.63. The van der Waals surface area contributed by atoms with Gasteiger partial charge in [-0.15, -0.1) is 0 Å². The summed E-state index contributed by atoms with van der Waals surface area (Å²) < 4.78 is 4.95. The van der Waals surface area contributed by atoms with E-state index in [-0.39, 0.29) is 29.7 Å². The molecule has 1 aliphatic heterocycles. The van der Waals surface area contributed by atoms with Crippen molar-refractivity contribution >= 4 is 23.5 Å². The van der Waals surface area contributed by atoms with E-state index in [2.05, 4.69) is 21.8 Å². The molecule has 0 radical (unpaired) electrons. The van der Waals surface area contributed by atoms with Crippen molar-refractivity contribution in [2.24, 2.45) is 0 Å². The molecule has 1 aliphatic rings. The number of likely N-dealkylation sites (tertiary alicyclic amines) is 1. The highest BCUT2D eigenvalue weighted by Gasteiger charge is 2.42. The van der Waals surface area contributed by atoms with Crippen LogP contribution >= 0.6 is 11.6 Å². The second-order valence-corrected chi connectivity index (χ2v) is 6.68. The highest BCUT2D eigenvalue weighted by molar-refractivity contribution is 6.29. The van der Waals surface area contributed by atoms with Crippen LogP contribution in [0, 0.1) is 11.8 Å². The van der Waals surface area contributed by atoms with Gasteiger partial charge in [-0.3, -0.25) is 4.79 Å². The van der Waals surface area contributed by atoms with E-state index in [1.807, 2.05) is 0 Å². The Bertz CT molecular complexity index is 998. The smallest absolute Gasteiger partial charge is 0.357 e. The summed E-state index contributed by atoms with van der Waals surface area (Å²) in [4.78, 5) is 33.8. The Morgan fingerprint density at radius 3 is 2.86 bits per heavy atom. The first-order valence-corrected chi connectivity index (χ1v) is 9.03. The van der Waals surface area contributed by atoms with Crippen LogP contribution in [0.3, 0.4) is 0 Å². The minimum atomic E-state index is -1.67. The number of carbonyl (C=O) groups excluding carboxylic acids is 2. The third kappa shape index (κ3) is 4.14. The van der Waals surface area contributed by atoms with Crippen LogP contribution in [-0.2, 0) is 9.53 Å². The molecule has 1 saturated heterocycles. The SMILES string of the molecule is CCOC(=O)c1cc(Cl)nc(-c2cccc(C#C[C@]3(O)CCN(C)C3=O)c2)n1. The molecule has 0 bridgehead atoms. The van der Waals surface area contributed by atoms with Crippen molar-refractivity contribution in [2.45, 2.75) is 18.9 Å². The summed E-state index contributed by atoms with van der Waals surface area (Å²) in [5.74, 6) is 4.75. The first-order chi connectivity index (χ1) is 13.3. The molecular weight excluding hydrogens is 382 g/mol. The Kier molecular flexibility index (Phi) is 5.63. The molecule has 144 valence electrons. The molecule has 1 aromatic carbocycles. The number of ether oxygens (including phenoxy) is 1. The normalized spacial score (nSPS) is 18.6. The van der Waals surface area contributed by atoms with Crippen molar-refractivity contribution in [1.82, 2.24) is 14.9 Å². The summed E-state index contributed by atoms with van der Waals surface area (Å²) in [5.41, 5.74) is -0.465. The van der Waals surface area contributed by atoms with Gasteiger partial charge in [0, 0.05) is 37.2 Å². The number of halogens is 1. The molecule has 8 heteroatoms. The van der Waals surface area contributed by atoms with Crippen molar-refractivity contribution in [3.8, 4) is 23.2 Å². The van der Waals surface area contributed by atoms with Crippen LogP contribution in [0.15, 0.2) is 30.3 Å². The lowest BCUT2D eigenvalue weighted by molar-refractivity contribution is -0.137. The quantitative estimate of drug-likeness (QED) is 0.481. The van der Waals surface area contributed by atoms with Gasteiger partial charge in [0.1, 0.15) is 5.15 Å². The van der Waals surface area contributed by atoms with Gasteiger partial charge in [-0.05, 0) is 19.1 Å². The van der Waals surface area contributed by atoms with Gasteiger partial charge in [-0.2, -0.15) is 0 Å². The lowest BCUT2D eigenvalue weighted by atomic mass is 10.0. The average Bonchev–Trinajstić information content (AvgIpc) is 2.94. The molecule has 1 N–H and O–H groups in total. The number of rotatable bonds is 3. The van der Waals surface area contributed by atoms with Crippen LogP contribution < -0.4 is 0 Å². The summed E-state index contributed by atoms with van der Waals surface area (Å²) in [5, 5.41) is 10.5. The zero-order valence-electron chi connectivity index (χ0n) is 15.4.